The van der Waals surface area contributed by atoms with Crippen molar-refractivity contribution in [3.63, 3.8) is 0 Å². The van der Waals surface area contributed by atoms with E-state index in [1.165, 1.54) is 0 Å². The van der Waals surface area contributed by atoms with E-state index < -0.39 is 0 Å². The van der Waals surface area contributed by atoms with Crippen LogP contribution in [0.3, 0.4) is 0 Å². The Bertz CT molecular complexity index is 812. The van der Waals surface area contributed by atoms with E-state index in [4.69, 9.17) is 14.5 Å². The Morgan fingerprint density at radius 1 is 1.27 bits per heavy atom. The highest BCUT2D eigenvalue weighted by Gasteiger charge is 2.16. The average Bonchev–Trinajstić information content (AvgIpc) is 3.11. The van der Waals surface area contributed by atoms with Crippen molar-refractivity contribution in [2.45, 2.75) is 39.3 Å². The summed E-state index contributed by atoms with van der Waals surface area (Å²) in [6.07, 6.45) is 3.45. The Hall–Kier alpha value is -2.61. The van der Waals surface area contributed by atoms with Crippen molar-refractivity contribution in [1.82, 2.24) is 25.0 Å². The lowest BCUT2D eigenvalue weighted by Gasteiger charge is -2.27. The molecule has 2 heterocycles. The first-order valence-corrected chi connectivity index (χ1v) is 10.6. The average molecular weight is 415 g/mol. The maximum atomic E-state index is 5.48. The number of benzene rings is 1. The number of nitrogens with one attached hydrogen (secondary N) is 1. The third kappa shape index (κ3) is 6.19. The number of hydrogen-bond acceptors (Lipinski definition) is 5. The fourth-order valence-electron chi connectivity index (χ4n) is 3.49. The van der Waals surface area contributed by atoms with Crippen LogP contribution in [0.25, 0.3) is 0 Å². The molecule has 1 fully saturated rings. The Kier molecular flexibility index (Phi) is 8.07. The Labute approximate surface area is 179 Å². The predicted octanol–water partition coefficient (Wildman–Crippen LogP) is 2.53. The second-order valence-electron chi connectivity index (χ2n) is 7.83. The van der Waals surface area contributed by atoms with Gasteiger partial charge in [0, 0.05) is 33.9 Å². The second kappa shape index (κ2) is 11.0. The Morgan fingerprint density at radius 3 is 2.63 bits per heavy atom. The zero-order valence-electron chi connectivity index (χ0n) is 18.6. The first-order valence-electron chi connectivity index (χ1n) is 10.6. The van der Waals surface area contributed by atoms with Gasteiger partial charge in [-0.3, -0.25) is 0 Å². The zero-order chi connectivity index (χ0) is 21.3. The summed E-state index contributed by atoms with van der Waals surface area (Å²) in [4.78, 5) is 7.08. The number of aryl methyl sites for hydroxylation is 1. The van der Waals surface area contributed by atoms with Gasteiger partial charge in [-0.05, 0) is 49.8 Å². The van der Waals surface area contributed by atoms with Crippen molar-refractivity contribution in [3.05, 3.63) is 41.5 Å². The minimum Gasteiger partial charge on any atom is -0.497 e. The molecule has 1 aliphatic heterocycles. The highest BCUT2D eigenvalue weighted by molar-refractivity contribution is 5.79. The van der Waals surface area contributed by atoms with Gasteiger partial charge in [0.05, 0.1) is 20.2 Å². The highest BCUT2D eigenvalue weighted by Crippen LogP contribution is 2.18. The second-order valence-corrected chi connectivity index (χ2v) is 7.83. The predicted molar refractivity (Wildman–Crippen MR) is 118 cm³/mol. The fourth-order valence-corrected chi connectivity index (χ4v) is 3.49. The Balaban J connectivity index is 1.64. The van der Waals surface area contributed by atoms with Crippen LogP contribution < -0.4 is 10.1 Å². The lowest BCUT2D eigenvalue weighted by Crippen LogP contribution is -2.40. The molecule has 30 heavy (non-hydrogen) atoms. The molecule has 0 aliphatic carbocycles. The van der Waals surface area contributed by atoms with Crippen LogP contribution in [0.5, 0.6) is 5.75 Å². The molecule has 0 atom stereocenters. The number of nitrogens with zero attached hydrogens (tertiary/aromatic N) is 5. The van der Waals surface area contributed by atoms with Gasteiger partial charge in [-0.2, -0.15) is 0 Å². The maximum absolute atomic E-state index is 5.48. The third-order valence-electron chi connectivity index (χ3n) is 5.73. The summed E-state index contributed by atoms with van der Waals surface area (Å²) in [7, 11) is 5.76. The molecular weight excluding hydrogens is 380 g/mol. The van der Waals surface area contributed by atoms with Crippen LogP contribution in [-0.4, -0.2) is 59.5 Å². The van der Waals surface area contributed by atoms with E-state index in [2.05, 4.69) is 27.5 Å². The summed E-state index contributed by atoms with van der Waals surface area (Å²) in [5.41, 5.74) is 1.14. The van der Waals surface area contributed by atoms with Gasteiger partial charge in [-0.25, -0.2) is 4.99 Å². The summed E-state index contributed by atoms with van der Waals surface area (Å²) >= 11 is 0. The van der Waals surface area contributed by atoms with Crippen LogP contribution in [-0.2, 0) is 24.9 Å². The van der Waals surface area contributed by atoms with E-state index in [0.717, 1.165) is 73.9 Å². The number of methoxy groups -OCH3 is 1. The molecule has 1 aromatic carbocycles. The number of rotatable bonds is 8. The van der Waals surface area contributed by atoms with Crippen molar-refractivity contribution in [1.29, 1.82) is 0 Å². The molecule has 2 aromatic rings. The van der Waals surface area contributed by atoms with Gasteiger partial charge >= 0.3 is 0 Å². The van der Waals surface area contributed by atoms with Crippen molar-refractivity contribution in [2.24, 2.45) is 18.0 Å². The molecular formula is C22H34N6O2. The number of hydrogen-bond donors (Lipinski definition) is 1. The highest BCUT2D eigenvalue weighted by atomic mass is 16.5. The SMILES string of the molecule is COc1ccc(CN=C(NCc2nnc(C)n2C)N(C)CCC2CCOCC2)cc1. The Morgan fingerprint density at radius 2 is 2.00 bits per heavy atom. The fraction of sp³-hybridized carbons (Fsp3) is 0.591. The number of ether oxygens (including phenoxy) is 2. The van der Waals surface area contributed by atoms with Crippen molar-refractivity contribution in [3.8, 4) is 5.75 Å². The van der Waals surface area contributed by atoms with E-state index >= 15 is 0 Å². The number of aromatic nitrogens is 3. The van der Waals surface area contributed by atoms with Crippen molar-refractivity contribution in [2.75, 3.05) is 33.9 Å². The molecule has 1 aliphatic rings. The van der Waals surface area contributed by atoms with Crippen molar-refractivity contribution < 1.29 is 9.47 Å². The minimum absolute atomic E-state index is 0.584. The molecule has 0 bridgehead atoms. The van der Waals surface area contributed by atoms with Gasteiger partial charge in [0.15, 0.2) is 11.8 Å². The topological polar surface area (TPSA) is 76.8 Å². The zero-order valence-corrected chi connectivity index (χ0v) is 18.6. The van der Waals surface area contributed by atoms with Crippen LogP contribution in [0.2, 0.25) is 0 Å². The summed E-state index contributed by atoms with van der Waals surface area (Å²) in [6.45, 7) is 5.87. The standard InChI is InChI=1S/C22H34N6O2/c1-17-25-26-21(28(17)3)16-24-22(23-15-19-5-7-20(29-4)8-6-19)27(2)12-9-18-10-13-30-14-11-18/h5-8,18H,9-16H2,1-4H3,(H,23,24). The summed E-state index contributed by atoms with van der Waals surface area (Å²) in [6, 6.07) is 8.03. The van der Waals surface area contributed by atoms with Gasteiger partial charge in [0.25, 0.3) is 0 Å². The molecule has 0 spiro atoms. The maximum Gasteiger partial charge on any atom is 0.194 e. The van der Waals surface area contributed by atoms with Gasteiger partial charge < -0.3 is 24.3 Å². The molecule has 0 unspecified atom stereocenters. The largest absolute Gasteiger partial charge is 0.497 e. The van der Waals surface area contributed by atoms with E-state index in [0.29, 0.717) is 13.1 Å². The normalized spacial score (nSPS) is 15.3. The molecule has 3 rings (SSSR count). The van der Waals surface area contributed by atoms with E-state index in [1.54, 1.807) is 7.11 Å². The van der Waals surface area contributed by atoms with Crippen LogP contribution in [0.1, 0.15) is 36.5 Å². The van der Waals surface area contributed by atoms with Crippen LogP contribution in [0.4, 0.5) is 0 Å². The molecule has 1 saturated heterocycles. The molecule has 8 heteroatoms. The third-order valence-corrected chi connectivity index (χ3v) is 5.73. The quantitative estimate of drug-likeness (QED) is 0.528. The van der Waals surface area contributed by atoms with Gasteiger partial charge in [-0.1, -0.05) is 12.1 Å². The first-order chi connectivity index (χ1) is 14.6. The molecule has 1 N–H and O–H groups in total. The molecule has 0 amide bonds. The monoisotopic (exact) mass is 414 g/mol. The summed E-state index contributed by atoms with van der Waals surface area (Å²) < 4.78 is 12.7. The summed E-state index contributed by atoms with van der Waals surface area (Å²) in [5.74, 6) is 4.25. The van der Waals surface area contributed by atoms with Gasteiger partial charge in [0.1, 0.15) is 11.6 Å². The lowest BCUT2D eigenvalue weighted by atomic mass is 9.96. The van der Waals surface area contributed by atoms with Crippen molar-refractivity contribution >= 4 is 5.96 Å². The van der Waals surface area contributed by atoms with E-state index in [9.17, 15) is 0 Å². The van der Waals surface area contributed by atoms with Crippen LogP contribution in [0.15, 0.2) is 29.3 Å². The summed E-state index contributed by atoms with van der Waals surface area (Å²) in [5, 5.41) is 11.9. The molecule has 164 valence electrons. The van der Waals surface area contributed by atoms with E-state index in [1.807, 2.05) is 42.8 Å². The lowest BCUT2D eigenvalue weighted by molar-refractivity contribution is 0.0625. The van der Waals surface area contributed by atoms with E-state index in [-0.39, 0.29) is 0 Å². The van der Waals surface area contributed by atoms with Crippen LogP contribution in [0, 0.1) is 12.8 Å². The number of guanidine groups is 1. The van der Waals surface area contributed by atoms with Crippen LogP contribution >= 0.6 is 0 Å². The molecule has 8 nitrogen and oxygen atoms in total. The minimum atomic E-state index is 0.584. The number of aliphatic imine (C=N–C) groups is 1. The first kappa shape index (κ1) is 22.1. The molecule has 1 aromatic heterocycles. The van der Waals surface area contributed by atoms with Gasteiger partial charge in [-0.15, -0.1) is 10.2 Å². The molecule has 0 saturated carbocycles. The smallest absolute Gasteiger partial charge is 0.194 e. The molecule has 0 radical (unpaired) electrons. The van der Waals surface area contributed by atoms with Gasteiger partial charge in [0.2, 0.25) is 0 Å².